The second-order valence-corrected chi connectivity index (χ2v) is 5.57. The zero-order valence-electron chi connectivity index (χ0n) is 11.4. The summed E-state index contributed by atoms with van der Waals surface area (Å²) >= 11 is 0. The highest BCUT2D eigenvalue weighted by molar-refractivity contribution is 5.72. The van der Waals surface area contributed by atoms with Crippen molar-refractivity contribution in [2.24, 2.45) is 5.92 Å². The maximum atomic E-state index is 6.05. The third kappa shape index (κ3) is 2.45. The van der Waals surface area contributed by atoms with E-state index >= 15 is 0 Å². The summed E-state index contributed by atoms with van der Waals surface area (Å²) in [5.41, 5.74) is 8.86. The van der Waals surface area contributed by atoms with Gasteiger partial charge in [-0.15, -0.1) is 5.10 Å². The van der Waals surface area contributed by atoms with Gasteiger partial charge in [0.1, 0.15) is 0 Å². The van der Waals surface area contributed by atoms with Gasteiger partial charge in [-0.05, 0) is 48.7 Å². The van der Waals surface area contributed by atoms with Crippen LogP contribution in [0, 0.1) is 12.8 Å². The Kier molecular flexibility index (Phi) is 2.97. The first-order chi connectivity index (χ1) is 9.15. The molecule has 3 rings (SSSR count). The van der Waals surface area contributed by atoms with Gasteiger partial charge in [-0.1, -0.05) is 24.5 Å². The molecule has 0 amide bonds. The third-order valence-electron chi connectivity index (χ3n) is 3.73. The van der Waals surface area contributed by atoms with Crippen molar-refractivity contribution in [1.82, 2.24) is 20.2 Å². The molecule has 2 aromatic rings. The van der Waals surface area contributed by atoms with Gasteiger partial charge >= 0.3 is 0 Å². The van der Waals surface area contributed by atoms with E-state index < -0.39 is 0 Å². The molecule has 1 atom stereocenters. The highest BCUT2D eigenvalue weighted by Gasteiger charge is 2.26. The molecule has 1 unspecified atom stereocenters. The quantitative estimate of drug-likeness (QED) is 0.855. The Hall–Kier alpha value is -1.91. The number of rotatable bonds is 4. The van der Waals surface area contributed by atoms with Gasteiger partial charge in [-0.3, -0.25) is 0 Å². The van der Waals surface area contributed by atoms with Crippen LogP contribution in [-0.2, 0) is 0 Å². The molecule has 1 aromatic carbocycles. The summed E-state index contributed by atoms with van der Waals surface area (Å²) in [6.45, 7) is 4.22. The predicted octanol–water partition coefficient (Wildman–Crippen LogP) is 2.59. The number of tetrazole rings is 1. The lowest BCUT2D eigenvalue weighted by Gasteiger charge is -2.14. The Morgan fingerprint density at radius 1 is 1.42 bits per heavy atom. The van der Waals surface area contributed by atoms with Gasteiger partial charge in [-0.2, -0.15) is 0 Å². The van der Waals surface area contributed by atoms with Gasteiger partial charge in [0.15, 0.2) is 5.82 Å². The number of benzene rings is 1. The van der Waals surface area contributed by atoms with Crippen molar-refractivity contribution in [3.8, 4) is 11.4 Å². The van der Waals surface area contributed by atoms with Crippen LogP contribution in [0.25, 0.3) is 11.4 Å². The van der Waals surface area contributed by atoms with E-state index in [9.17, 15) is 0 Å². The number of hydrogen-bond acceptors (Lipinski definition) is 4. The van der Waals surface area contributed by atoms with E-state index in [0.29, 0.717) is 6.04 Å². The molecule has 100 valence electrons. The third-order valence-corrected chi connectivity index (χ3v) is 3.73. The van der Waals surface area contributed by atoms with Gasteiger partial charge in [-0.25, -0.2) is 4.68 Å². The second kappa shape index (κ2) is 4.64. The van der Waals surface area contributed by atoms with Gasteiger partial charge in [0.2, 0.25) is 0 Å². The summed E-state index contributed by atoms with van der Waals surface area (Å²) in [6, 6.07) is 6.27. The smallest absolute Gasteiger partial charge is 0.184 e. The maximum absolute atomic E-state index is 6.05. The highest BCUT2D eigenvalue weighted by Crippen LogP contribution is 2.37. The minimum absolute atomic E-state index is 0.317. The first-order valence-corrected chi connectivity index (χ1v) is 6.79. The van der Waals surface area contributed by atoms with Crippen LogP contribution < -0.4 is 5.73 Å². The lowest BCUT2D eigenvalue weighted by atomic mass is 10.1. The minimum Gasteiger partial charge on any atom is -0.398 e. The number of nitrogen functional groups attached to an aromatic ring is 1. The lowest BCUT2D eigenvalue weighted by Crippen LogP contribution is -2.10. The molecule has 0 saturated heterocycles. The topological polar surface area (TPSA) is 69.6 Å². The van der Waals surface area contributed by atoms with Crippen molar-refractivity contribution in [3.05, 3.63) is 23.8 Å². The van der Waals surface area contributed by atoms with Crippen LogP contribution in [0.4, 0.5) is 5.69 Å². The summed E-state index contributed by atoms with van der Waals surface area (Å²) in [5, 5.41) is 12.1. The number of anilines is 1. The van der Waals surface area contributed by atoms with Crippen molar-refractivity contribution in [2.75, 3.05) is 5.73 Å². The Morgan fingerprint density at radius 3 is 2.95 bits per heavy atom. The van der Waals surface area contributed by atoms with Crippen LogP contribution in [0.3, 0.4) is 0 Å². The number of nitrogens with zero attached hydrogens (tertiary/aromatic N) is 4. The highest BCUT2D eigenvalue weighted by atomic mass is 15.5. The fourth-order valence-corrected chi connectivity index (χ4v) is 2.47. The van der Waals surface area contributed by atoms with Crippen molar-refractivity contribution >= 4 is 5.69 Å². The van der Waals surface area contributed by atoms with E-state index in [2.05, 4.69) is 22.4 Å². The van der Waals surface area contributed by atoms with E-state index in [1.807, 2.05) is 29.8 Å². The van der Waals surface area contributed by atoms with E-state index in [-0.39, 0.29) is 0 Å². The molecule has 0 spiro atoms. The molecule has 5 nitrogen and oxygen atoms in total. The van der Waals surface area contributed by atoms with Crippen LogP contribution in [0.2, 0.25) is 0 Å². The lowest BCUT2D eigenvalue weighted by molar-refractivity contribution is 0.430. The van der Waals surface area contributed by atoms with Gasteiger partial charge in [0.25, 0.3) is 0 Å². The SMILES string of the molecule is Cc1ccc(N)c(-c2nnnn2C(C)CC2CC2)c1. The molecular weight excluding hydrogens is 238 g/mol. The summed E-state index contributed by atoms with van der Waals surface area (Å²) in [5.74, 6) is 1.62. The van der Waals surface area contributed by atoms with Gasteiger partial charge in [0, 0.05) is 11.3 Å². The van der Waals surface area contributed by atoms with Crippen LogP contribution in [-0.4, -0.2) is 20.2 Å². The fraction of sp³-hybridized carbons (Fsp3) is 0.500. The average Bonchev–Trinajstić information content (AvgIpc) is 3.06. The molecule has 0 aliphatic heterocycles. The molecule has 1 aliphatic carbocycles. The second-order valence-electron chi connectivity index (χ2n) is 5.57. The van der Waals surface area contributed by atoms with Crippen LogP contribution in [0.5, 0.6) is 0 Å². The number of hydrogen-bond donors (Lipinski definition) is 1. The molecule has 0 radical (unpaired) electrons. The molecule has 2 N–H and O–H groups in total. The average molecular weight is 257 g/mol. The Morgan fingerprint density at radius 2 is 2.21 bits per heavy atom. The molecule has 0 bridgehead atoms. The zero-order valence-corrected chi connectivity index (χ0v) is 11.4. The minimum atomic E-state index is 0.317. The summed E-state index contributed by atoms with van der Waals surface area (Å²) in [7, 11) is 0. The summed E-state index contributed by atoms with van der Waals surface area (Å²) < 4.78 is 1.91. The predicted molar refractivity (Wildman–Crippen MR) is 74.5 cm³/mol. The molecule has 1 aliphatic rings. The van der Waals surface area contributed by atoms with Crippen molar-refractivity contribution in [3.63, 3.8) is 0 Å². The van der Waals surface area contributed by atoms with Gasteiger partial charge < -0.3 is 5.73 Å². The fourth-order valence-electron chi connectivity index (χ4n) is 2.47. The Labute approximate surface area is 112 Å². The molecule has 19 heavy (non-hydrogen) atoms. The summed E-state index contributed by atoms with van der Waals surface area (Å²) in [4.78, 5) is 0. The van der Waals surface area contributed by atoms with E-state index in [4.69, 9.17) is 5.73 Å². The van der Waals surface area contributed by atoms with Crippen LogP contribution >= 0.6 is 0 Å². The molecule has 1 heterocycles. The van der Waals surface area contributed by atoms with Crippen molar-refractivity contribution < 1.29 is 0 Å². The largest absolute Gasteiger partial charge is 0.398 e. The van der Waals surface area contributed by atoms with Crippen molar-refractivity contribution in [1.29, 1.82) is 0 Å². The van der Waals surface area contributed by atoms with Gasteiger partial charge in [0.05, 0.1) is 6.04 Å². The maximum Gasteiger partial charge on any atom is 0.184 e. The normalized spacial score (nSPS) is 16.5. The molecule has 1 fully saturated rings. The monoisotopic (exact) mass is 257 g/mol. The van der Waals surface area contributed by atoms with E-state index in [0.717, 1.165) is 35.0 Å². The first-order valence-electron chi connectivity index (χ1n) is 6.79. The number of aryl methyl sites for hydroxylation is 1. The Balaban J connectivity index is 1.96. The van der Waals surface area contributed by atoms with Crippen LogP contribution in [0.1, 0.15) is 37.8 Å². The molecule has 1 aromatic heterocycles. The first kappa shape index (κ1) is 12.1. The zero-order chi connectivity index (χ0) is 13.4. The van der Waals surface area contributed by atoms with E-state index in [1.165, 1.54) is 12.8 Å². The number of nitrogens with two attached hydrogens (primary N) is 1. The molecule has 5 heteroatoms. The molecular formula is C14H19N5. The Bertz CT molecular complexity index is 585. The van der Waals surface area contributed by atoms with E-state index in [1.54, 1.807) is 0 Å². The summed E-state index contributed by atoms with van der Waals surface area (Å²) in [6.07, 6.45) is 3.83. The van der Waals surface area contributed by atoms with Crippen molar-refractivity contribution in [2.45, 2.75) is 39.2 Å². The number of aromatic nitrogens is 4. The van der Waals surface area contributed by atoms with Crippen LogP contribution in [0.15, 0.2) is 18.2 Å². The standard InChI is InChI=1S/C14H19N5/c1-9-3-6-13(15)12(7-9)14-16-17-18-19(14)10(2)8-11-4-5-11/h3,6-7,10-11H,4-5,8,15H2,1-2H3. The molecule has 1 saturated carbocycles.